The lowest BCUT2D eigenvalue weighted by Crippen LogP contribution is -2.22. The number of hydrogen-bond acceptors (Lipinski definition) is 3. The van der Waals surface area contributed by atoms with Gasteiger partial charge in [-0.3, -0.25) is 4.98 Å². The Balaban J connectivity index is 2.06. The molecule has 0 bridgehead atoms. The molecule has 0 spiro atoms. The van der Waals surface area contributed by atoms with Crippen LogP contribution >= 0.6 is 12.2 Å². The molecule has 1 saturated carbocycles. The predicted molar refractivity (Wildman–Crippen MR) is 79.8 cm³/mol. The van der Waals surface area contributed by atoms with Gasteiger partial charge < -0.3 is 11.1 Å². The van der Waals surface area contributed by atoms with E-state index in [1.165, 1.54) is 32.1 Å². The second kappa shape index (κ2) is 6.14. The molecule has 0 amide bonds. The first-order valence-electron chi connectivity index (χ1n) is 6.68. The molecule has 2 atom stereocenters. The Hall–Kier alpha value is -1.16. The van der Waals surface area contributed by atoms with Gasteiger partial charge in [-0.2, -0.15) is 0 Å². The zero-order valence-electron chi connectivity index (χ0n) is 10.9. The highest BCUT2D eigenvalue weighted by Gasteiger charge is 2.17. The van der Waals surface area contributed by atoms with Gasteiger partial charge in [0.05, 0.1) is 5.69 Å². The largest absolute Gasteiger partial charge is 0.388 e. The summed E-state index contributed by atoms with van der Waals surface area (Å²) in [7, 11) is 0. The number of thiocarbonyl (C=S) groups is 1. The van der Waals surface area contributed by atoms with E-state index in [-0.39, 0.29) is 0 Å². The number of rotatable bonds is 3. The van der Waals surface area contributed by atoms with Crippen LogP contribution in [-0.2, 0) is 0 Å². The molecule has 1 aliphatic carbocycles. The Bertz CT molecular complexity index is 419. The smallest absolute Gasteiger partial charge is 0.124 e. The van der Waals surface area contributed by atoms with Crippen LogP contribution in [0.15, 0.2) is 18.3 Å². The van der Waals surface area contributed by atoms with Crippen molar-refractivity contribution in [2.75, 3.05) is 5.32 Å². The van der Waals surface area contributed by atoms with E-state index < -0.39 is 0 Å². The third-order valence-electron chi connectivity index (χ3n) is 3.66. The maximum absolute atomic E-state index is 5.70. The number of nitrogens with two attached hydrogens (primary N) is 1. The maximum atomic E-state index is 5.70. The van der Waals surface area contributed by atoms with Gasteiger partial charge in [0, 0.05) is 12.2 Å². The van der Waals surface area contributed by atoms with Crippen molar-refractivity contribution in [1.29, 1.82) is 0 Å². The van der Waals surface area contributed by atoms with E-state index in [2.05, 4.69) is 17.2 Å². The summed E-state index contributed by atoms with van der Waals surface area (Å²) in [6, 6.07) is 4.45. The number of pyridine rings is 1. The van der Waals surface area contributed by atoms with Crippen LogP contribution in [0.25, 0.3) is 0 Å². The van der Waals surface area contributed by atoms with E-state index in [9.17, 15) is 0 Å². The number of anilines is 1. The molecule has 2 unspecified atom stereocenters. The molecule has 1 heterocycles. The van der Waals surface area contributed by atoms with Gasteiger partial charge in [0.1, 0.15) is 10.7 Å². The lowest BCUT2D eigenvalue weighted by Gasteiger charge is -2.19. The summed E-state index contributed by atoms with van der Waals surface area (Å²) < 4.78 is 0. The quantitative estimate of drug-likeness (QED) is 0.650. The average molecular weight is 263 g/mol. The summed E-state index contributed by atoms with van der Waals surface area (Å²) >= 11 is 5.04. The van der Waals surface area contributed by atoms with E-state index >= 15 is 0 Å². The SMILES string of the molecule is CC1CCCC(Nc2cccnc2C(N)=S)CC1. The monoisotopic (exact) mass is 263 g/mol. The summed E-state index contributed by atoms with van der Waals surface area (Å²) in [6.07, 6.45) is 8.09. The second-order valence-electron chi connectivity index (χ2n) is 5.22. The molecule has 0 aliphatic heterocycles. The first-order chi connectivity index (χ1) is 8.66. The number of aromatic nitrogens is 1. The van der Waals surface area contributed by atoms with Crippen molar-refractivity contribution in [3.8, 4) is 0 Å². The van der Waals surface area contributed by atoms with E-state index in [1.807, 2.05) is 12.1 Å². The Morgan fingerprint density at radius 1 is 1.39 bits per heavy atom. The van der Waals surface area contributed by atoms with Crippen molar-refractivity contribution < 1.29 is 0 Å². The lowest BCUT2D eigenvalue weighted by molar-refractivity contribution is 0.502. The van der Waals surface area contributed by atoms with E-state index in [1.54, 1.807) is 6.20 Å². The highest BCUT2D eigenvalue weighted by molar-refractivity contribution is 7.80. The summed E-state index contributed by atoms with van der Waals surface area (Å²) in [6.45, 7) is 2.34. The molecule has 1 fully saturated rings. The molecule has 98 valence electrons. The molecule has 0 aromatic carbocycles. The predicted octanol–water partition coefficient (Wildman–Crippen LogP) is 3.10. The van der Waals surface area contributed by atoms with Gasteiger partial charge in [-0.05, 0) is 37.3 Å². The number of nitrogens with zero attached hydrogens (tertiary/aromatic N) is 1. The molecule has 1 aromatic rings. The minimum Gasteiger partial charge on any atom is -0.388 e. The molecule has 1 aromatic heterocycles. The van der Waals surface area contributed by atoms with Crippen LogP contribution in [0.1, 0.15) is 44.7 Å². The molecule has 4 heteroatoms. The standard InChI is InChI=1S/C14H21N3S/c1-10-4-2-5-11(8-7-10)17-12-6-3-9-16-13(12)14(15)18/h3,6,9-11,17H,2,4-5,7-8H2,1H3,(H2,15,18). The van der Waals surface area contributed by atoms with Crippen LogP contribution in [0.5, 0.6) is 0 Å². The molecule has 1 aliphatic rings. The van der Waals surface area contributed by atoms with Gasteiger partial charge in [0.2, 0.25) is 0 Å². The van der Waals surface area contributed by atoms with Crippen LogP contribution in [0.3, 0.4) is 0 Å². The summed E-state index contributed by atoms with van der Waals surface area (Å²) in [5.74, 6) is 0.848. The molecular weight excluding hydrogens is 242 g/mol. The molecule has 2 rings (SSSR count). The Kier molecular flexibility index (Phi) is 4.53. The minimum absolute atomic E-state index is 0.361. The van der Waals surface area contributed by atoms with Gasteiger partial charge in [-0.15, -0.1) is 0 Å². The van der Waals surface area contributed by atoms with Crippen molar-refractivity contribution in [1.82, 2.24) is 4.98 Å². The fourth-order valence-corrected chi connectivity index (χ4v) is 2.73. The summed E-state index contributed by atoms with van der Waals surface area (Å²) in [5.41, 5.74) is 7.39. The number of hydrogen-bond donors (Lipinski definition) is 2. The fraction of sp³-hybridized carbons (Fsp3) is 0.571. The van der Waals surface area contributed by atoms with Crippen LogP contribution in [0.2, 0.25) is 0 Å². The topological polar surface area (TPSA) is 50.9 Å². The van der Waals surface area contributed by atoms with E-state index in [0.29, 0.717) is 16.7 Å². The average Bonchev–Trinajstić information content (AvgIpc) is 2.55. The zero-order chi connectivity index (χ0) is 13.0. The second-order valence-corrected chi connectivity index (χ2v) is 5.66. The van der Waals surface area contributed by atoms with Gasteiger partial charge in [-0.1, -0.05) is 32.0 Å². The lowest BCUT2D eigenvalue weighted by atomic mass is 10.0. The third kappa shape index (κ3) is 3.42. The first kappa shape index (κ1) is 13.3. The zero-order valence-corrected chi connectivity index (χ0v) is 11.7. The Morgan fingerprint density at radius 2 is 2.22 bits per heavy atom. The Labute approximate surface area is 114 Å². The van der Waals surface area contributed by atoms with E-state index in [4.69, 9.17) is 18.0 Å². The highest BCUT2D eigenvalue weighted by atomic mass is 32.1. The third-order valence-corrected chi connectivity index (χ3v) is 3.85. The van der Waals surface area contributed by atoms with Gasteiger partial charge in [-0.25, -0.2) is 0 Å². The molecular formula is C14H21N3S. The van der Waals surface area contributed by atoms with Crippen LogP contribution in [-0.4, -0.2) is 16.0 Å². The van der Waals surface area contributed by atoms with Gasteiger partial charge in [0.25, 0.3) is 0 Å². The van der Waals surface area contributed by atoms with Crippen molar-refractivity contribution in [2.24, 2.45) is 11.7 Å². The molecule has 0 saturated heterocycles. The maximum Gasteiger partial charge on any atom is 0.124 e. The molecule has 3 nitrogen and oxygen atoms in total. The fourth-order valence-electron chi connectivity index (χ4n) is 2.57. The van der Waals surface area contributed by atoms with E-state index in [0.717, 1.165) is 11.6 Å². The van der Waals surface area contributed by atoms with Crippen LogP contribution in [0.4, 0.5) is 5.69 Å². The normalized spacial score (nSPS) is 24.3. The van der Waals surface area contributed by atoms with Crippen molar-refractivity contribution in [3.05, 3.63) is 24.0 Å². The molecule has 0 radical (unpaired) electrons. The van der Waals surface area contributed by atoms with Crippen LogP contribution in [0, 0.1) is 5.92 Å². The van der Waals surface area contributed by atoms with Gasteiger partial charge >= 0.3 is 0 Å². The molecule has 18 heavy (non-hydrogen) atoms. The Morgan fingerprint density at radius 3 is 3.00 bits per heavy atom. The minimum atomic E-state index is 0.361. The number of nitrogens with one attached hydrogen (secondary N) is 1. The van der Waals surface area contributed by atoms with Crippen molar-refractivity contribution in [3.63, 3.8) is 0 Å². The summed E-state index contributed by atoms with van der Waals surface area (Å²) in [5, 5.41) is 3.56. The molecule has 3 N–H and O–H groups in total. The highest BCUT2D eigenvalue weighted by Crippen LogP contribution is 2.25. The first-order valence-corrected chi connectivity index (χ1v) is 7.09. The van der Waals surface area contributed by atoms with Crippen molar-refractivity contribution >= 4 is 22.9 Å². The van der Waals surface area contributed by atoms with Crippen molar-refractivity contribution in [2.45, 2.75) is 45.1 Å². The van der Waals surface area contributed by atoms with Crippen LogP contribution < -0.4 is 11.1 Å². The van der Waals surface area contributed by atoms with Gasteiger partial charge in [0.15, 0.2) is 0 Å². The summed E-state index contributed by atoms with van der Waals surface area (Å²) in [4.78, 5) is 4.61.